The van der Waals surface area contributed by atoms with Crippen molar-refractivity contribution >= 4 is 16.5 Å². The van der Waals surface area contributed by atoms with Gasteiger partial charge in [0.15, 0.2) is 5.75 Å². The van der Waals surface area contributed by atoms with Crippen LogP contribution < -0.4 is 0 Å². The predicted octanol–water partition coefficient (Wildman–Crippen LogP) is 3.21. The van der Waals surface area contributed by atoms with E-state index < -0.39 is 0 Å². The van der Waals surface area contributed by atoms with Crippen molar-refractivity contribution in [2.24, 2.45) is 5.11 Å². The van der Waals surface area contributed by atoms with Gasteiger partial charge in [-0.1, -0.05) is 30.3 Å². The molecule has 0 saturated heterocycles. The number of fused-ring (bicyclic) bond motifs is 1. The topological polar surface area (TPSA) is 56.4 Å². The van der Waals surface area contributed by atoms with Crippen molar-refractivity contribution in [3.05, 3.63) is 36.4 Å². The van der Waals surface area contributed by atoms with Crippen LogP contribution in [0.4, 0.5) is 5.69 Å². The van der Waals surface area contributed by atoms with Gasteiger partial charge in [0.05, 0.1) is 0 Å². The Labute approximate surface area is 76.6 Å². The van der Waals surface area contributed by atoms with Crippen LogP contribution in [0.25, 0.3) is 10.8 Å². The summed E-state index contributed by atoms with van der Waals surface area (Å²) in [6, 6.07) is 10.9. The van der Waals surface area contributed by atoms with Gasteiger partial charge in [0.25, 0.3) is 0 Å². The van der Waals surface area contributed by atoms with Crippen LogP contribution in [0.5, 0.6) is 5.75 Å². The van der Waals surface area contributed by atoms with E-state index in [2.05, 4.69) is 10.6 Å². The van der Waals surface area contributed by atoms with Gasteiger partial charge in [-0.3, -0.25) is 0 Å². The summed E-state index contributed by atoms with van der Waals surface area (Å²) >= 11 is 0. The maximum absolute atomic E-state index is 9.74. The lowest BCUT2D eigenvalue weighted by Gasteiger charge is -2.01. The SMILES string of the molecule is [2H]N=Nc1ccc2ccccc2c1O. The van der Waals surface area contributed by atoms with Gasteiger partial charge in [-0.2, -0.15) is 5.11 Å². The third-order valence-corrected chi connectivity index (χ3v) is 1.99. The fourth-order valence-electron chi connectivity index (χ4n) is 1.32. The zero-order valence-corrected chi connectivity index (χ0v) is 6.81. The molecular weight excluding hydrogens is 164 g/mol. The predicted molar refractivity (Wildman–Crippen MR) is 50.4 cm³/mol. The van der Waals surface area contributed by atoms with Gasteiger partial charge in [-0.15, -0.1) is 0 Å². The molecule has 2 aromatic rings. The Kier molecular flexibility index (Phi) is 1.45. The Morgan fingerprint density at radius 3 is 2.92 bits per heavy atom. The Morgan fingerprint density at radius 2 is 2.08 bits per heavy atom. The molecule has 0 unspecified atom stereocenters. The van der Waals surface area contributed by atoms with Crippen LogP contribution in [-0.4, -0.2) is 5.11 Å². The minimum absolute atomic E-state index is 0.0686. The summed E-state index contributed by atoms with van der Waals surface area (Å²) in [5.74, 6) is 0.0686. The van der Waals surface area contributed by atoms with Gasteiger partial charge in [0, 0.05) is 5.39 Å². The van der Waals surface area contributed by atoms with Crippen molar-refractivity contribution in [3.8, 4) is 5.75 Å². The molecule has 0 radical (unpaired) electrons. The van der Waals surface area contributed by atoms with Crippen molar-refractivity contribution in [2.45, 2.75) is 0 Å². The number of phenols is 1. The lowest BCUT2D eigenvalue weighted by molar-refractivity contribution is 0.482. The number of hydrogen-bond donors (Lipinski definition) is 2. The second-order valence-electron chi connectivity index (χ2n) is 2.75. The molecule has 2 aromatic carbocycles. The molecule has 13 heavy (non-hydrogen) atoms. The van der Waals surface area contributed by atoms with E-state index in [0.29, 0.717) is 5.69 Å². The Bertz CT molecular complexity index is 496. The van der Waals surface area contributed by atoms with Gasteiger partial charge in [-0.05, 0) is 11.5 Å². The largest absolute Gasteiger partial charge is 0.505 e. The Morgan fingerprint density at radius 1 is 1.23 bits per heavy atom. The Balaban J connectivity index is 2.75. The second-order valence-corrected chi connectivity index (χ2v) is 2.75. The van der Waals surface area contributed by atoms with E-state index in [4.69, 9.17) is 1.41 Å². The van der Waals surface area contributed by atoms with E-state index >= 15 is 0 Å². The molecule has 0 aliphatic carbocycles. The highest BCUT2D eigenvalue weighted by Crippen LogP contribution is 2.33. The smallest absolute Gasteiger partial charge is 0.214 e. The zero-order chi connectivity index (χ0) is 9.97. The fraction of sp³-hybridized carbons (Fsp3) is 0. The molecule has 0 atom stereocenters. The summed E-state index contributed by atoms with van der Waals surface area (Å²) in [5.41, 5.74) is 3.21. The third kappa shape index (κ3) is 1.14. The van der Waals surface area contributed by atoms with E-state index in [1.54, 1.807) is 12.1 Å². The standard InChI is InChI=1S/C10H8N2O/c11-12-9-6-5-7-3-1-2-4-8(7)10(9)13/h1-6,11,13H/i/hD. The summed E-state index contributed by atoms with van der Waals surface area (Å²) in [5, 5.41) is 14.9. The molecule has 0 aromatic heterocycles. The van der Waals surface area contributed by atoms with Crippen molar-refractivity contribution in [1.29, 1.82) is 5.52 Å². The second kappa shape index (κ2) is 2.86. The summed E-state index contributed by atoms with van der Waals surface area (Å²) in [7, 11) is 0. The van der Waals surface area contributed by atoms with E-state index in [1.807, 2.05) is 24.3 Å². The number of rotatable bonds is 1. The number of nitrogens with zero attached hydrogens (tertiary/aromatic N) is 1. The summed E-state index contributed by atoms with van der Waals surface area (Å²) in [6.45, 7) is 0. The number of benzene rings is 2. The first kappa shape index (κ1) is 6.60. The molecule has 0 bridgehead atoms. The first-order chi connectivity index (χ1) is 6.83. The highest BCUT2D eigenvalue weighted by atomic mass is 16.3. The molecule has 0 saturated carbocycles. The van der Waals surface area contributed by atoms with Crippen LogP contribution in [0.1, 0.15) is 0 Å². The molecular formula is C10H8N2O. The maximum Gasteiger partial charge on any atom is 0.214 e. The molecule has 64 valence electrons. The van der Waals surface area contributed by atoms with Gasteiger partial charge in [-0.25, -0.2) is 5.52 Å². The van der Waals surface area contributed by atoms with Crippen LogP contribution in [-0.2, 0) is 0 Å². The molecule has 0 heterocycles. The highest BCUT2D eigenvalue weighted by Gasteiger charge is 2.03. The van der Waals surface area contributed by atoms with Crippen LogP contribution in [0.15, 0.2) is 41.5 Å². The van der Waals surface area contributed by atoms with E-state index in [0.717, 1.165) is 10.8 Å². The number of aromatic hydroxyl groups is 1. The lowest BCUT2D eigenvalue weighted by atomic mass is 10.1. The summed E-state index contributed by atoms with van der Waals surface area (Å²) < 4.78 is 6.59. The monoisotopic (exact) mass is 173 g/mol. The Hall–Kier alpha value is -1.90. The van der Waals surface area contributed by atoms with E-state index in [-0.39, 0.29) is 5.75 Å². The zero-order valence-electron chi connectivity index (χ0n) is 7.81. The molecule has 2 rings (SSSR count). The highest BCUT2D eigenvalue weighted by molar-refractivity contribution is 5.92. The van der Waals surface area contributed by atoms with Crippen LogP contribution in [0, 0.1) is 5.52 Å². The van der Waals surface area contributed by atoms with Gasteiger partial charge in [0.1, 0.15) is 5.69 Å². The van der Waals surface area contributed by atoms with Crippen LogP contribution in [0.3, 0.4) is 0 Å². The minimum atomic E-state index is 0.0686. The van der Waals surface area contributed by atoms with Crippen LogP contribution >= 0.6 is 0 Å². The third-order valence-electron chi connectivity index (χ3n) is 1.99. The summed E-state index contributed by atoms with van der Waals surface area (Å²) in [6.07, 6.45) is 0. The average molecular weight is 173 g/mol. The molecule has 0 amide bonds. The molecule has 0 fully saturated rings. The average Bonchev–Trinajstić information content (AvgIpc) is 2.23. The summed E-state index contributed by atoms with van der Waals surface area (Å²) in [4.78, 5) is 0. The quantitative estimate of drug-likeness (QED) is 0.639. The van der Waals surface area contributed by atoms with Crippen molar-refractivity contribution in [2.75, 3.05) is 0 Å². The maximum atomic E-state index is 9.74. The first-order valence-corrected chi connectivity index (χ1v) is 3.89. The van der Waals surface area contributed by atoms with Crippen molar-refractivity contribution in [3.63, 3.8) is 0 Å². The first-order valence-electron chi connectivity index (χ1n) is 4.33. The number of nitrogens with one attached hydrogen (secondary N) is 1. The molecule has 3 nitrogen and oxygen atoms in total. The van der Waals surface area contributed by atoms with Crippen LogP contribution in [0.2, 0.25) is 1.41 Å². The van der Waals surface area contributed by atoms with Gasteiger partial charge in [0.2, 0.25) is 1.41 Å². The molecule has 0 spiro atoms. The molecule has 2 N–H and O–H groups in total. The van der Waals surface area contributed by atoms with Gasteiger partial charge >= 0.3 is 0 Å². The molecule has 3 heteroatoms. The fourth-order valence-corrected chi connectivity index (χ4v) is 1.32. The number of hydrogen-bond acceptors (Lipinski definition) is 3. The van der Waals surface area contributed by atoms with E-state index in [1.165, 1.54) is 0 Å². The van der Waals surface area contributed by atoms with Crippen molar-refractivity contribution in [1.82, 2.24) is 0 Å². The van der Waals surface area contributed by atoms with E-state index in [9.17, 15) is 5.11 Å². The van der Waals surface area contributed by atoms with Crippen molar-refractivity contribution < 1.29 is 6.52 Å². The lowest BCUT2D eigenvalue weighted by Crippen LogP contribution is -1.73. The molecule has 0 aliphatic rings. The number of phenolic OH excluding ortho intramolecular Hbond substituents is 1. The normalized spacial score (nSPS) is 12.2. The minimum Gasteiger partial charge on any atom is -0.505 e. The van der Waals surface area contributed by atoms with Gasteiger partial charge < -0.3 is 5.11 Å². The molecule has 0 aliphatic heterocycles.